The molecule has 6 nitrogen and oxygen atoms in total. The van der Waals surface area contributed by atoms with E-state index in [2.05, 4.69) is 4.72 Å². The summed E-state index contributed by atoms with van der Waals surface area (Å²) in [4.78, 5) is 26.0. The third-order valence-electron chi connectivity index (χ3n) is 3.78. The molecule has 7 heteroatoms. The van der Waals surface area contributed by atoms with Gasteiger partial charge in [0, 0.05) is 0 Å². The highest BCUT2D eigenvalue weighted by atomic mass is 32.2. The number of benzene rings is 2. The first-order valence-corrected chi connectivity index (χ1v) is 8.37. The minimum absolute atomic E-state index is 0.0362. The van der Waals surface area contributed by atoms with Crippen LogP contribution in [0.1, 0.15) is 26.3 Å². The van der Waals surface area contributed by atoms with Crippen LogP contribution < -0.4 is 9.62 Å². The number of carbonyl (C=O) groups is 2. The van der Waals surface area contributed by atoms with Crippen molar-refractivity contribution >= 4 is 27.5 Å². The van der Waals surface area contributed by atoms with Crippen molar-refractivity contribution in [2.45, 2.75) is 11.8 Å². The van der Waals surface area contributed by atoms with Crippen LogP contribution in [-0.2, 0) is 10.0 Å². The molecule has 0 aromatic heterocycles. The fourth-order valence-corrected chi connectivity index (χ4v) is 3.54. The molecule has 2 aromatic rings. The lowest BCUT2D eigenvalue weighted by molar-refractivity contribution is 0.0926. The van der Waals surface area contributed by atoms with Crippen molar-refractivity contribution < 1.29 is 18.0 Å². The molecule has 2 amide bonds. The zero-order chi connectivity index (χ0) is 16.8. The molecular formula is C16H14N2O4S. The van der Waals surface area contributed by atoms with Crippen LogP contribution in [0.4, 0.5) is 5.69 Å². The number of rotatable bonds is 3. The van der Waals surface area contributed by atoms with Crippen molar-refractivity contribution in [3.8, 4) is 0 Å². The number of hydrogen-bond donors (Lipinski definition) is 1. The van der Waals surface area contributed by atoms with Crippen LogP contribution >= 0.6 is 0 Å². The van der Waals surface area contributed by atoms with E-state index in [1.807, 2.05) is 0 Å². The van der Waals surface area contributed by atoms with Gasteiger partial charge in [0.15, 0.2) is 0 Å². The Bertz CT molecular complexity index is 900. The summed E-state index contributed by atoms with van der Waals surface area (Å²) in [6.07, 6.45) is 0. The van der Waals surface area contributed by atoms with Gasteiger partial charge < -0.3 is 0 Å². The van der Waals surface area contributed by atoms with Gasteiger partial charge in [0.25, 0.3) is 11.8 Å². The molecule has 2 aromatic carbocycles. The van der Waals surface area contributed by atoms with Gasteiger partial charge in [0.2, 0.25) is 10.0 Å². The van der Waals surface area contributed by atoms with E-state index in [0.29, 0.717) is 16.7 Å². The fourth-order valence-electron chi connectivity index (χ4n) is 2.55. The summed E-state index contributed by atoms with van der Waals surface area (Å²) in [5.74, 6) is -0.912. The number of imide groups is 1. The van der Waals surface area contributed by atoms with Gasteiger partial charge in [-0.25, -0.2) is 18.0 Å². The first kappa shape index (κ1) is 15.4. The fraction of sp³-hybridized carbons (Fsp3) is 0.125. The van der Waals surface area contributed by atoms with Crippen LogP contribution in [0.15, 0.2) is 47.4 Å². The van der Waals surface area contributed by atoms with Gasteiger partial charge in [-0.05, 0) is 43.8 Å². The Morgan fingerprint density at radius 2 is 1.52 bits per heavy atom. The molecule has 0 aliphatic carbocycles. The molecule has 3 rings (SSSR count). The van der Waals surface area contributed by atoms with E-state index in [1.54, 1.807) is 43.3 Å². The number of amides is 2. The molecule has 1 aliphatic heterocycles. The lowest BCUT2D eigenvalue weighted by atomic mass is 10.1. The summed E-state index contributed by atoms with van der Waals surface area (Å²) >= 11 is 0. The molecule has 1 N–H and O–H groups in total. The molecule has 0 radical (unpaired) electrons. The van der Waals surface area contributed by atoms with E-state index >= 15 is 0 Å². The van der Waals surface area contributed by atoms with Crippen LogP contribution in [0.25, 0.3) is 0 Å². The quantitative estimate of drug-likeness (QED) is 0.868. The molecule has 0 fully saturated rings. The third kappa shape index (κ3) is 2.34. The lowest BCUT2D eigenvalue weighted by Gasteiger charge is -2.16. The largest absolute Gasteiger partial charge is 0.268 e. The number of carbonyl (C=O) groups excluding carboxylic acids is 2. The van der Waals surface area contributed by atoms with Crippen LogP contribution in [0.2, 0.25) is 0 Å². The highest BCUT2D eigenvalue weighted by molar-refractivity contribution is 7.89. The van der Waals surface area contributed by atoms with Gasteiger partial charge in [-0.3, -0.25) is 9.59 Å². The van der Waals surface area contributed by atoms with Crippen molar-refractivity contribution in [3.63, 3.8) is 0 Å². The molecule has 1 heterocycles. The van der Waals surface area contributed by atoms with Gasteiger partial charge in [0.05, 0.1) is 21.7 Å². The van der Waals surface area contributed by atoms with Crippen molar-refractivity contribution in [3.05, 3.63) is 59.2 Å². The van der Waals surface area contributed by atoms with Gasteiger partial charge in [-0.2, -0.15) is 0 Å². The van der Waals surface area contributed by atoms with Crippen molar-refractivity contribution in [1.82, 2.24) is 4.72 Å². The van der Waals surface area contributed by atoms with Crippen molar-refractivity contribution in [2.24, 2.45) is 0 Å². The van der Waals surface area contributed by atoms with E-state index in [-0.39, 0.29) is 10.6 Å². The minimum Gasteiger partial charge on any atom is -0.268 e. The highest BCUT2D eigenvalue weighted by Crippen LogP contribution is 2.30. The normalized spacial score (nSPS) is 14.3. The molecule has 0 spiro atoms. The maximum Gasteiger partial charge on any atom is 0.266 e. The Balaban J connectivity index is 2.13. The third-order valence-corrected chi connectivity index (χ3v) is 5.34. The number of anilines is 1. The summed E-state index contributed by atoms with van der Waals surface area (Å²) < 4.78 is 26.4. The monoisotopic (exact) mass is 330 g/mol. The maximum atomic E-state index is 12.5. The Hall–Kier alpha value is -2.51. The molecule has 0 saturated heterocycles. The predicted molar refractivity (Wildman–Crippen MR) is 85.0 cm³/mol. The van der Waals surface area contributed by atoms with Gasteiger partial charge >= 0.3 is 0 Å². The molecule has 118 valence electrons. The second-order valence-corrected chi connectivity index (χ2v) is 7.00. The van der Waals surface area contributed by atoms with Gasteiger partial charge in [-0.1, -0.05) is 18.2 Å². The Kier molecular flexibility index (Phi) is 3.54. The summed E-state index contributed by atoms with van der Waals surface area (Å²) in [6.45, 7) is 1.65. The molecule has 0 atom stereocenters. The second kappa shape index (κ2) is 5.29. The lowest BCUT2D eigenvalue weighted by Crippen LogP contribution is -2.30. The number of nitrogens with zero attached hydrogens (tertiary/aromatic N) is 1. The molecular weight excluding hydrogens is 316 g/mol. The predicted octanol–water partition coefficient (Wildman–Crippen LogP) is 1.70. The maximum absolute atomic E-state index is 12.5. The first-order chi connectivity index (χ1) is 10.9. The summed E-state index contributed by atoms with van der Waals surface area (Å²) in [5.41, 5.74) is 1.39. The van der Waals surface area contributed by atoms with Crippen LogP contribution in [0, 0.1) is 6.92 Å². The SMILES string of the molecule is CNS(=O)(=O)c1cc(N2C(=O)c3ccccc3C2=O)ccc1C. The highest BCUT2D eigenvalue weighted by Gasteiger charge is 2.36. The molecule has 23 heavy (non-hydrogen) atoms. The van der Waals surface area contributed by atoms with E-state index in [1.165, 1.54) is 13.1 Å². The van der Waals surface area contributed by atoms with Crippen LogP contribution in [0.5, 0.6) is 0 Å². The summed E-state index contributed by atoms with van der Waals surface area (Å²) in [5, 5.41) is 0. The molecule has 0 bridgehead atoms. The summed E-state index contributed by atoms with van der Waals surface area (Å²) in [7, 11) is -2.37. The van der Waals surface area contributed by atoms with E-state index in [0.717, 1.165) is 4.90 Å². The number of sulfonamides is 1. The first-order valence-electron chi connectivity index (χ1n) is 6.89. The number of fused-ring (bicyclic) bond motifs is 1. The van der Waals surface area contributed by atoms with E-state index in [4.69, 9.17) is 0 Å². The van der Waals surface area contributed by atoms with E-state index < -0.39 is 21.8 Å². The zero-order valence-corrected chi connectivity index (χ0v) is 13.3. The smallest absolute Gasteiger partial charge is 0.266 e. The topological polar surface area (TPSA) is 83.6 Å². The standard InChI is InChI=1S/C16H14N2O4S/c1-10-7-8-11(9-14(10)23(21,22)17-2)18-15(19)12-5-3-4-6-13(12)16(18)20/h3-9,17H,1-2H3. The number of aryl methyl sites for hydroxylation is 1. The average molecular weight is 330 g/mol. The second-order valence-electron chi connectivity index (χ2n) is 5.15. The van der Waals surface area contributed by atoms with Crippen molar-refractivity contribution in [2.75, 3.05) is 11.9 Å². The molecule has 0 saturated carbocycles. The van der Waals surface area contributed by atoms with E-state index in [9.17, 15) is 18.0 Å². The van der Waals surface area contributed by atoms with Crippen LogP contribution in [0.3, 0.4) is 0 Å². The van der Waals surface area contributed by atoms with Gasteiger partial charge in [-0.15, -0.1) is 0 Å². The Morgan fingerprint density at radius 3 is 2.04 bits per heavy atom. The Labute approximate surface area is 133 Å². The molecule has 0 unspecified atom stereocenters. The number of hydrogen-bond acceptors (Lipinski definition) is 4. The van der Waals surface area contributed by atoms with Crippen LogP contribution in [-0.4, -0.2) is 27.3 Å². The minimum atomic E-state index is -3.68. The average Bonchev–Trinajstić information content (AvgIpc) is 2.80. The summed E-state index contributed by atoms with van der Waals surface area (Å²) in [6, 6.07) is 11.0. The van der Waals surface area contributed by atoms with Gasteiger partial charge in [0.1, 0.15) is 0 Å². The molecule has 1 aliphatic rings. The number of nitrogens with one attached hydrogen (secondary N) is 1. The van der Waals surface area contributed by atoms with Crippen molar-refractivity contribution in [1.29, 1.82) is 0 Å². The Morgan fingerprint density at radius 1 is 0.957 bits per heavy atom. The zero-order valence-electron chi connectivity index (χ0n) is 12.5.